The van der Waals surface area contributed by atoms with E-state index in [0.29, 0.717) is 0 Å². The molecule has 0 amide bonds. The third-order valence-corrected chi connectivity index (χ3v) is 4.57. The second-order valence-electron chi connectivity index (χ2n) is 5.98. The quantitative estimate of drug-likeness (QED) is 0.484. The zero-order valence-corrected chi connectivity index (χ0v) is 14.9. The lowest BCUT2D eigenvalue weighted by Gasteiger charge is -2.13. The number of ether oxygens (including phenoxy) is 3. The standard InChI is InChI=1S/C22H19NO3/c1-24-15-6-4-14(5-7-15)22-18-10-8-16(25-2)12-20(18)23-21-13-17(26-3)9-11-19(21)22/h4-13H,1-3H3. The van der Waals surface area contributed by atoms with E-state index in [0.717, 1.165) is 50.2 Å². The van der Waals surface area contributed by atoms with Crippen molar-refractivity contribution in [3.63, 3.8) is 0 Å². The van der Waals surface area contributed by atoms with Gasteiger partial charge in [-0.05, 0) is 42.0 Å². The van der Waals surface area contributed by atoms with Gasteiger partial charge in [0.15, 0.2) is 0 Å². The van der Waals surface area contributed by atoms with Gasteiger partial charge in [-0.1, -0.05) is 12.1 Å². The van der Waals surface area contributed by atoms with Crippen LogP contribution < -0.4 is 14.2 Å². The molecule has 0 atom stereocenters. The Bertz CT molecular complexity index is 1030. The molecule has 4 aromatic rings. The highest BCUT2D eigenvalue weighted by molar-refractivity contribution is 6.10. The number of pyridine rings is 1. The lowest BCUT2D eigenvalue weighted by molar-refractivity contribution is 0.415. The molecule has 26 heavy (non-hydrogen) atoms. The minimum Gasteiger partial charge on any atom is -0.497 e. The molecule has 0 radical (unpaired) electrons. The van der Waals surface area contributed by atoms with Gasteiger partial charge >= 0.3 is 0 Å². The lowest BCUT2D eigenvalue weighted by atomic mass is 9.96. The maximum Gasteiger partial charge on any atom is 0.121 e. The number of fused-ring (bicyclic) bond motifs is 2. The first-order valence-electron chi connectivity index (χ1n) is 8.33. The van der Waals surface area contributed by atoms with Crippen LogP contribution in [0.2, 0.25) is 0 Å². The van der Waals surface area contributed by atoms with Crippen molar-refractivity contribution in [1.82, 2.24) is 4.98 Å². The highest BCUT2D eigenvalue weighted by Crippen LogP contribution is 2.37. The Kier molecular flexibility index (Phi) is 4.09. The molecule has 0 fully saturated rings. The van der Waals surface area contributed by atoms with Crippen LogP contribution in [0.3, 0.4) is 0 Å². The van der Waals surface area contributed by atoms with Gasteiger partial charge in [-0.2, -0.15) is 0 Å². The summed E-state index contributed by atoms with van der Waals surface area (Å²) in [4.78, 5) is 4.83. The summed E-state index contributed by atoms with van der Waals surface area (Å²) in [6, 6.07) is 20.1. The molecule has 0 aliphatic rings. The predicted octanol–water partition coefficient (Wildman–Crippen LogP) is 5.08. The first-order chi connectivity index (χ1) is 12.7. The molecular formula is C22H19NO3. The number of hydrogen-bond acceptors (Lipinski definition) is 4. The van der Waals surface area contributed by atoms with Crippen molar-refractivity contribution >= 4 is 21.8 Å². The van der Waals surface area contributed by atoms with Crippen LogP contribution in [0, 0.1) is 0 Å². The minimum absolute atomic E-state index is 0.785. The van der Waals surface area contributed by atoms with Gasteiger partial charge in [0.1, 0.15) is 17.2 Å². The van der Waals surface area contributed by atoms with Crippen molar-refractivity contribution in [2.75, 3.05) is 21.3 Å². The number of benzene rings is 3. The van der Waals surface area contributed by atoms with Crippen LogP contribution >= 0.6 is 0 Å². The van der Waals surface area contributed by atoms with Crippen LogP contribution in [0.5, 0.6) is 17.2 Å². The first-order valence-corrected chi connectivity index (χ1v) is 8.33. The molecule has 0 aliphatic heterocycles. The van der Waals surface area contributed by atoms with E-state index in [9.17, 15) is 0 Å². The second-order valence-corrected chi connectivity index (χ2v) is 5.98. The largest absolute Gasteiger partial charge is 0.497 e. The molecule has 0 unspecified atom stereocenters. The molecule has 0 spiro atoms. The number of rotatable bonds is 4. The van der Waals surface area contributed by atoms with E-state index in [2.05, 4.69) is 24.3 Å². The fourth-order valence-electron chi connectivity index (χ4n) is 3.23. The molecule has 3 aromatic carbocycles. The molecule has 1 heterocycles. The summed E-state index contributed by atoms with van der Waals surface area (Å²) >= 11 is 0. The van der Waals surface area contributed by atoms with Crippen LogP contribution in [-0.4, -0.2) is 26.3 Å². The number of aromatic nitrogens is 1. The predicted molar refractivity (Wildman–Crippen MR) is 104 cm³/mol. The van der Waals surface area contributed by atoms with Gasteiger partial charge in [-0.25, -0.2) is 4.98 Å². The van der Waals surface area contributed by atoms with Gasteiger partial charge in [0.2, 0.25) is 0 Å². The fourth-order valence-corrected chi connectivity index (χ4v) is 3.23. The molecule has 0 bridgehead atoms. The summed E-state index contributed by atoms with van der Waals surface area (Å²) in [5.41, 5.74) is 4.02. The summed E-state index contributed by atoms with van der Waals surface area (Å²) in [5, 5.41) is 2.15. The second kappa shape index (κ2) is 6.56. The topological polar surface area (TPSA) is 40.6 Å². The van der Waals surface area contributed by atoms with Crippen molar-refractivity contribution in [2.45, 2.75) is 0 Å². The monoisotopic (exact) mass is 345 g/mol. The Morgan fingerprint density at radius 3 is 1.50 bits per heavy atom. The van der Waals surface area contributed by atoms with E-state index >= 15 is 0 Å². The lowest BCUT2D eigenvalue weighted by Crippen LogP contribution is -1.92. The van der Waals surface area contributed by atoms with Crippen LogP contribution in [-0.2, 0) is 0 Å². The SMILES string of the molecule is COc1ccc(-c2c3ccc(OC)cc3nc3cc(OC)ccc23)cc1. The zero-order valence-electron chi connectivity index (χ0n) is 14.9. The van der Waals surface area contributed by atoms with Crippen molar-refractivity contribution in [3.8, 4) is 28.4 Å². The van der Waals surface area contributed by atoms with Gasteiger partial charge in [0.05, 0.1) is 32.4 Å². The molecule has 4 rings (SSSR count). The Morgan fingerprint density at radius 2 is 1.04 bits per heavy atom. The summed E-state index contributed by atoms with van der Waals surface area (Å²) in [6.45, 7) is 0. The third-order valence-electron chi connectivity index (χ3n) is 4.57. The van der Waals surface area contributed by atoms with Crippen molar-refractivity contribution in [2.24, 2.45) is 0 Å². The number of methoxy groups -OCH3 is 3. The maximum atomic E-state index is 5.37. The van der Waals surface area contributed by atoms with E-state index in [4.69, 9.17) is 19.2 Å². The van der Waals surface area contributed by atoms with Gasteiger partial charge < -0.3 is 14.2 Å². The fraction of sp³-hybridized carbons (Fsp3) is 0.136. The smallest absolute Gasteiger partial charge is 0.121 e. The summed E-state index contributed by atoms with van der Waals surface area (Å²) in [6.07, 6.45) is 0. The van der Waals surface area contributed by atoms with Gasteiger partial charge in [0, 0.05) is 28.5 Å². The van der Waals surface area contributed by atoms with E-state index < -0.39 is 0 Å². The van der Waals surface area contributed by atoms with Crippen molar-refractivity contribution < 1.29 is 14.2 Å². The van der Waals surface area contributed by atoms with Crippen LogP contribution in [0.1, 0.15) is 0 Å². The minimum atomic E-state index is 0.785. The molecule has 0 N–H and O–H groups in total. The van der Waals surface area contributed by atoms with Crippen molar-refractivity contribution in [1.29, 1.82) is 0 Å². The van der Waals surface area contributed by atoms with E-state index in [1.807, 2.05) is 36.4 Å². The Hall–Kier alpha value is -3.27. The number of hydrogen-bond donors (Lipinski definition) is 0. The summed E-state index contributed by atoms with van der Waals surface area (Å²) < 4.78 is 16.0. The third kappa shape index (κ3) is 2.69. The normalized spacial score (nSPS) is 10.9. The van der Waals surface area contributed by atoms with Crippen LogP contribution in [0.25, 0.3) is 32.9 Å². The Labute approximate surface area is 152 Å². The van der Waals surface area contributed by atoms with Crippen LogP contribution in [0.15, 0.2) is 60.7 Å². The van der Waals surface area contributed by atoms with E-state index in [1.54, 1.807) is 21.3 Å². The molecule has 130 valence electrons. The molecule has 1 aromatic heterocycles. The summed E-state index contributed by atoms with van der Waals surface area (Å²) in [7, 11) is 5.00. The zero-order chi connectivity index (χ0) is 18.1. The molecule has 4 nitrogen and oxygen atoms in total. The van der Waals surface area contributed by atoms with E-state index in [-0.39, 0.29) is 0 Å². The highest BCUT2D eigenvalue weighted by atomic mass is 16.5. The Morgan fingerprint density at radius 1 is 0.577 bits per heavy atom. The molecule has 4 heteroatoms. The van der Waals surface area contributed by atoms with Gasteiger partial charge in [0.25, 0.3) is 0 Å². The summed E-state index contributed by atoms with van der Waals surface area (Å²) in [5.74, 6) is 2.40. The Balaban J connectivity index is 2.07. The first kappa shape index (κ1) is 16.2. The van der Waals surface area contributed by atoms with Gasteiger partial charge in [-0.15, -0.1) is 0 Å². The molecule has 0 aliphatic carbocycles. The maximum absolute atomic E-state index is 5.37. The van der Waals surface area contributed by atoms with Crippen LogP contribution in [0.4, 0.5) is 0 Å². The average Bonchev–Trinajstić information content (AvgIpc) is 2.71. The molecule has 0 saturated carbocycles. The average molecular weight is 345 g/mol. The molecular weight excluding hydrogens is 326 g/mol. The van der Waals surface area contributed by atoms with Crippen molar-refractivity contribution in [3.05, 3.63) is 60.7 Å². The number of nitrogens with zero attached hydrogens (tertiary/aromatic N) is 1. The van der Waals surface area contributed by atoms with E-state index in [1.165, 1.54) is 0 Å². The highest BCUT2D eigenvalue weighted by Gasteiger charge is 2.13. The van der Waals surface area contributed by atoms with Gasteiger partial charge in [-0.3, -0.25) is 0 Å². The molecule has 0 saturated heterocycles.